The Morgan fingerprint density at radius 1 is 0.947 bits per heavy atom. The molecule has 0 heterocycles. The summed E-state index contributed by atoms with van der Waals surface area (Å²) in [5.41, 5.74) is 2.29. The first-order chi connectivity index (χ1) is 9.04. The lowest BCUT2D eigenvalue weighted by atomic mass is 10.0. The Balaban J connectivity index is 2.59. The van der Waals surface area contributed by atoms with Crippen molar-refractivity contribution < 1.29 is 4.79 Å². The summed E-state index contributed by atoms with van der Waals surface area (Å²) in [6.45, 7) is 0. The zero-order chi connectivity index (χ0) is 14.0. The fourth-order valence-corrected chi connectivity index (χ4v) is 2.67. The molecule has 2 aromatic rings. The van der Waals surface area contributed by atoms with Crippen LogP contribution in [-0.4, -0.2) is 6.29 Å². The molecule has 0 saturated heterocycles. The second-order valence-electron chi connectivity index (χ2n) is 3.90. The number of hydrogen-bond donors (Lipinski definition) is 0. The van der Waals surface area contributed by atoms with E-state index in [9.17, 15) is 4.79 Å². The lowest BCUT2D eigenvalue weighted by Gasteiger charge is -2.10. The maximum atomic E-state index is 10.6. The summed E-state index contributed by atoms with van der Waals surface area (Å²) < 4.78 is 0. The molecule has 2 aromatic carbocycles. The summed E-state index contributed by atoms with van der Waals surface area (Å²) in [7, 11) is 0. The molecule has 1 nitrogen and oxygen atoms in total. The summed E-state index contributed by atoms with van der Waals surface area (Å²) in [5.74, 6) is 0. The summed E-state index contributed by atoms with van der Waals surface area (Å²) in [6, 6.07) is 8.87. The van der Waals surface area contributed by atoms with E-state index in [1.165, 1.54) is 0 Å². The quantitative estimate of drug-likeness (QED) is 0.519. The van der Waals surface area contributed by atoms with Crippen molar-refractivity contribution >= 4 is 52.7 Å². The van der Waals surface area contributed by atoms with Crippen LogP contribution in [0.3, 0.4) is 0 Å². The molecular weight excluding hydrogens is 326 g/mol. The SMILES string of the molecule is O=CCc1cccc(-c2cc(Cl)c(Cl)c(Cl)c2)c1Cl. The van der Waals surface area contributed by atoms with Crippen molar-refractivity contribution in [2.75, 3.05) is 0 Å². The second kappa shape index (κ2) is 6.15. The lowest BCUT2D eigenvalue weighted by Crippen LogP contribution is -1.90. The molecule has 0 radical (unpaired) electrons. The molecule has 0 fully saturated rings. The van der Waals surface area contributed by atoms with Gasteiger partial charge in [0.2, 0.25) is 0 Å². The van der Waals surface area contributed by atoms with Crippen LogP contribution in [-0.2, 0) is 11.2 Å². The highest BCUT2D eigenvalue weighted by atomic mass is 35.5. The third-order valence-electron chi connectivity index (χ3n) is 2.68. The van der Waals surface area contributed by atoms with Gasteiger partial charge in [-0.25, -0.2) is 0 Å². The Morgan fingerprint density at radius 2 is 1.58 bits per heavy atom. The van der Waals surface area contributed by atoms with Gasteiger partial charge in [-0.3, -0.25) is 0 Å². The predicted molar refractivity (Wildman–Crippen MR) is 81.7 cm³/mol. The van der Waals surface area contributed by atoms with Gasteiger partial charge in [0.1, 0.15) is 6.29 Å². The first-order valence-corrected chi connectivity index (χ1v) is 6.91. The van der Waals surface area contributed by atoms with Gasteiger partial charge < -0.3 is 4.79 Å². The van der Waals surface area contributed by atoms with Gasteiger partial charge in [-0.1, -0.05) is 64.6 Å². The van der Waals surface area contributed by atoms with Gasteiger partial charge in [0.05, 0.1) is 20.1 Å². The second-order valence-corrected chi connectivity index (χ2v) is 5.47. The monoisotopic (exact) mass is 332 g/mol. The van der Waals surface area contributed by atoms with Crippen LogP contribution in [0.25, 0.3) is 11.1 Å². The number of aldehydes is 1. The van der Waals surface area contributed by atoms with Crippen molar-refractivity contribution in [2.45, 2.75) is 6.42 Å². The van der Waals surface area contributed by atoms with Crippen molar-refractivity contribution in [1.82, 2.24) is 0 Å². The van der Waals surface area contributed by atoms with Gasteiger partial charge in [0.25, 0.3) is 0 Å². The molecule has 0 aliphatic rings. The Bertz CT molecular complexity index is 614. The topological polar surface area (TPSA) is 17.1 Å². The van der Waals surface area contributed by atoms with E-state index in [0.29, 0.717) is 20.1 Å². The summed E-state index contributed by atoms with van der Waals surface area (Å²) in [6.07, 6.45) is 1.08. The normalized spacial score (nSPS) is 10.5. The highest BCUT2D eigenvalue weighted by molar-refractivity contribution is 6.48. The maximum Gasteiger partial charge on any atom is 0.124 e. The zero-order valence-corrected chi connectivity index (χ0v) is 12.6. The number of rotatable bonds is 3. The summed E-state index contributed by atoms with van der Waals surface area (Å²) in [5, 5.41) is 1.55. The Kier molecular flexibility index (Phi) is 4.75. The molecule has 19 heavy (non-hydrogen) atoms. The first kappa shape index (κ1) is 14.7. The molecular formula is C14H8Cl4O. The van der Waals surface area contributed by atoms with Gasteiger partial charge in [0, 0.05) is 12.0 Å². The van der Waals surface area contributed by atoms with Crippen molar-refractivity contribution in [3.63, 3.8) is 0 Å². The van der Waals surface area contributed by atoms with Crippen LogP contribution in [0.1, 0.15) is 5.56 Å². The number of benzene rings is 2. The van der Waals surface area contributed by atoms with E-state index in [2.05, 4.69) is 0 Å². The maximum absolute atomic E-state index is 10.6. The summed E-state index contributed by atoms with van der Waals surface area (Å²) in [4.78, 5) is 10.6. The molecule has 0 spiro atoms. The van der Waals surface area contributed by atoms with Gasteiger partial charge >= 0.3 is 0 Å². The molecule has 0 aliphatic heterocycles. The van der Waals surface area contributed by atoms with Crippen LogP contribution in [0.2, 0.25) is 20.1 Å². The highest BCUT2D eigenvalue weighted by Gasteiger charge is 2.12. The number of halogens is 4. The predicted octanol–water partition coefficient (Wildman–Crippen LogP) is 5.71. The van der Waals surface area contributed by atoms with Crippen molar-refractivity contribution in [3.8, 4) is 11.1 Å². The smallest absolute Gasteiger partial charge is 0.124 e. The third kappa shape index (κ3) is 3.06. The van der Waals surface area contributed by atoms with E-state index >= 15 is 0 Å². The Labute approximate surface area is 131 Å². The fourth-order valence-electron chi connectivity index (χ4n) is 1.76. The molecule has 0 atom stereocenters. The van der Waals surface area contributed by atoms with E-state index in [1.807, 2.05) is 12.1 Å². The van der Waals surface area contributed by atoms with Crippen LogP contribution < -0.4 is 0 Å². The van der Waals surface area contributed by atoms with E-state index in [1.54, 1.807) is 18.2 Å². The molecule has 0 saturated carbocycles. The summed E-state index contributed by atoms with van der Waals surface area (Å²) >= 11 is 24.2. The Hall–Kier alpha value is -0.730. The number of hydrogen-bond acceptors (Lipinski definition) is 1. The van der Waals surface area contributed by atoms with Gasteiger partial charge in [-0.15, -0.1) is 0 Å². The third-order valence-corrected chi connectivity index (χ3v) is 4.32. The molecule has 5 heteroatoms. The molecule has 0 unspecified atom stereocenters. The average Bonchev–Trinajstić information content (AvgIpc) is 2.38. The minimum atomic E-state index is 0.266. The van der Waals surface area contributed by atoms with E-state index in [4.69, 9.17) is 46.4 Å². The van der Waals surface area contributed by atoms with Crippen LogP contribution in [0.5, 0.6) is 0 Å². The van der Waals surface area contributed by atoms with Gasteiger partial charge in [-0.05, 0) is 23.3 Å². The van der Waals surface area contributed by atoms with Gasteiger partial charge in [0.15, 0.2) is 0 Å². The fraction of sp³-hybridized carbons (Fsp3) is 0.0714. The lowest BCUT2D eigenvalue weighted by molar-refractivity contribution is -0.107. The molecule has 2 rings (SSSR count). The van der Waals surface area contributed by atoms with Gasteiger partial charge in [-0.2, -0.15) is 0 Å². The molecule has 0 N–H and O–H groups in total. The first-order valence-electron chi connectivity index (χ1n) is 5.40. The minimum absolute atomic E-state index is 0.266. The largest absolute Gasteiger partial charge is 0.303 e. The average molecular weight is 334 g/mol. The van der Waals surface area contributed by atoms with Crippen molar-refractivity contribution in [1.29, 1.82) is 0 Å². The van der Waals surface area contributed by atoms with Crippen LogP contribution in [0.4, 0.5) is 0 Å². The molecule has 0 aromatic heterocycles. The standard InChI is InChI=1S/C14H8Cl4O/c15-11-6-9(7-12(16)14(11)18)10-3-1-2-8(4-5-19)13(10)17/h1-3,5-7H,4H2. The molecule has 0 aliphatic carbocycles. The molecule has 0 bridgehead atoms. The van der Waals surface area contributed by atoms with E-state index < -0.39 is 0 Å². The highest BCUT2D eigenvalue weighted by Crippen LogP contribution is 2.38. The minimum Gasteiger partial charge on any atom is -0.303 e. The van der Waals surface area contributed by atoms with Crippen LogP contribution in [0.15, 0.2) is 30.3 Å². The van der Waals surface area contributed by atoms with Crippen molar-refractivity contribution in [2.24, 2.45) is 0 Å². The Morgan fingerprint density at radius 3 is 2.16 bits per heavy atom. The molecule has 0 amide bonds. The molecule has 98 valence electrons. The van der Waals surface area contributed by atoms with Crippen molar-refractivity contribution in [3.05, 3.63) is 56.0 Å². The zero-order valence-electron chi connectivity index (χ0n) is 9.59. The number of carbonyl (C=O) groups is 1. The van der Waals surface area contributed by atoms with E-state index in [0.717, 1.165) is 23.0 Å². The van der Waals surface area contributed by atoms with E-state index in [-0.39, 0.29) is 6.42 Å². The number of carbonyl (C=O) groups excluding carboxylic acids is 1. The van der Waals surface area contributed by atoms with Crippen LogP contribution in [0, 0.1) is 0 Å². The van der Waals surface area contributed by atoms with Crippen LogP contribution >= 0.6 is 46.4 Å².